The van der Waals surface area contributed by atoms with Gasteiger partial charge in [-0.1, -0.05) is 43.3 Å². The van der Waals surface area contributed by atoms with Crippen molar-refractivity contribution in [3.8, 4) is 0 Å². The number of carbonyl (C=O) groups excluding carboxylic acids is 1. The van der Waals surface area contributed by atoms with Crippen molar-refractivity contribution in [2.45, 2.75) is 33.2 Å². The Bertz CT molecular complexity index is 1340. The van der Waals surface area contributed by atoms with E-state index in [0.29, 0.717) is 34.8 Å². The van der Waals surface area contributed by atoms with Gasteiger partial charge in [-0.05, 0) is 48.9 Å². The number of rotatable bonds is 3. The lowest BCUT2D eigenvalue weighted by Crippen LogP contribution is -2.40. The van der Waals surface area contributed by atoms with Gasteiger partial charge in [-0.15, -0.1) is 0 Å². The highest BCUT2D eigenvalue weighted by atomic mass is 16.2. The van der Waals surface area contributed by atoms with E-state index in [1.54, 1.807) is 16.7 Å². The van der Waals surface area contributed by atoms with Crippen molar-refractivity contribution in [1.29, 1.82) is 0 Å². The third-order valence-corrected chi connectivity index (χ3v) is 6.24. The van der Waals surface area contributed by atoms with Gasteiger partial charge in [0.1, 0.15) is 17.0 Å². The normalized spacial score (nSPS) is 16.8. The van der Waals surface area contributed by atoms with Gasteiger partial charge >= 0.3 is 0 Å². The molecule has 1 amide bonds. The average Bonchev–Trinajstić information content (AvgIpc) is 3.13. The van der Waals surface area contributed by atoms with Gasteiger partial charge in [-0.25, -0.2) is 4.98 Å². The molecule has 31 heavy (non-hydrogen) atoms. The monoisotopic (exact) mass is 414 g/mol. The molecule has 1 saturated heterocycles. The second-order valence-corrected chi connectivity index (χ2v) is 8.64. The molecule has 0 bridgehead atoms. The number of aromatic nitrogens is 3. The van der Waals surface area contributed by atoms with Crippen LogP contribution in [0.5, 0.6) is 0 Å². The second kappa shape index (κ2) is 7.69. The summed E-state index contributed by atoms with van der Waals surface area (Å²) in [6, 6.07) is 15.5. The van der Waals surface area contributed by atoms with E-state index >= 15 is 0 Å². The van der Waals surface area contributed by atoms with Crippen LogP contribution in [-0.4, -0.2) is 37.8 Å². The number of pyridine rings is 1. The molecule has 1 atom stereocenters. The summed E-state index contributed by atoms with van der Waals surface area (Å²) in [4.78, 5) is 33.6. The van der Waals surface area contributed by atoms with Gasteiger partial charge in [0, 0.05) is 25.8 Å². The van der Waals surface area contributed by atoms with Gasteiger partial charge in [0.2, 0.25) is 0 Å². The van der Waals surface area contributed by atoms with E-state index in [0.717, 1.165) is 37.1 Å². The number of hydrogen-bond donors (Lipinski definition) is 0. The quantitative estimate of drug-likeness (QED) is 0.511. The molecule has 6 nitrogen and oxygen atoms in total. The number of nitrogens with zero attached hydrogens (tertiary/aromatic N) is 4. The first-order chi connectivity index (χ1) is 15.0. The van der Waals surface area contributed by atoms with Crippen LogP contribution in [0, 0.1) is 12.8 Å². The Hall–Kier alpha value is -3.41. The number of piperidine rings is 1. The first-order valence-electron chi connectivity index (χ1n) is 10.9. The molecule has 1 unspecified atom stereocenters. The van der Waals surface area contributed by atoms with Crippen molar-refractivity contribution in [3.63, 3.8) is 0 Å². The lowest BCUT2D eigenvalue weighted by molar-refractivity contribution is 0.0673. The summed E-state index contributed by atoms with van der Waals surface area (Å²) in [5.41, 5.74) is 3.57. The molecule has 0 spiro atoms. The Morgan fingerprint density at radius 3 is 2.71 bits per heavy atom. The molecule has 6 heteroatoms. The summed E-state index contributed by atoms with van der Waals surface area (Å²) >= 11 is 0. The van der Waals surface area contributed by atoms with Crippen molar-refractivity contribution >= 4 is 22.6 Å². The molecule has 0 radical (unpaired) electrons. The number of fused-ring (bicyclic) bond motifs is 2. The highest BCUT2D eigenvalue weighted by molar-refractivity contribution is 5.98. The Balaban J connectivity index is 1.73. The van der Waals surface area contributed by atoms with Crippen LogP contribution < -0.4 is 5.56 Å². The first-order valence-corrected chi connectivity index (χ1v) is 10.9. The van der Waals surface area contributed by atoms with Crippen LogP contribution in [0.1, 0.15) is 41.4 Å². The molecular weight excluding hydrogens is 388 g/mol. The first kappa shape index (κ1) is 19.5. The van der Waals surface area contributed by atoms with Gasteiger partial charge in [-0.3, -0.25) is 14.0 Å². The van der Waals surface area contributed by atoms with Crippen molar-refractivity contribution < 1.29 is 4.79 Å². The summed E-state index contributed by atoms with van der Waals surface area (Å²) in [6.45, 7) is 6.12. The number of hydrogen-bond acceptors (Lipinski definition) is 3. The maximum atomic E-state index is 13.6. The maximum absolute atomic E-state index is 13.6. The zero-order valence-corrected chi connectivity index (χ0v) is 17.9. The van der Waals surface area contributed by atoms with Crippen LogP contribution in [0.2, 0.25) is 0 Å². The Kier molecular flexibility index (Phi) is 4.85. The van der Waals surface area contributed by atoms with Gasteiger partial charge in [0.05, 0.1) is 5.39 Å². The fourth-order valence-electron chi connectivity index (χ4n) is 4.60. The van der Waals surface area contributed by atoms with Gasteiger partial charge < -0.3 is 9.47 Å². The average molecular weight is 415 g/mol. The van der Waals surface area contributed by atoms with Crippen LogP contribution in [0.4, 0.5) is 0 Å². The van der Waals surface area contributed by atoms with E-state index < -0.39 is 0 Å². The van der Waals surface area contributed by atoms with Gasteiger partial charge in [0.15, 0.2) is 0 Å². The lowest BCUT2D eigenvalue weighted by atomic mass is 10.00. The van der Waals surface area contributed by atoms with Crippen molar-refractivity contribution in [2.75, 3.05) is 13.1 Å². The molecule has 0 N–H and O–H groups in total. The smallest absolute Gasteiger partial charge is 0.270 e. The second-order valence-electron chi connectivity index (χ2n) is 8.64. The predicted octanol–water partition coefficient (Wildman–Crippen LogP) is 3.88. The minimum Gasteiger partial charge on any atom is -0.337 e. The molecule has 1 aliphatic rings. The summed E-state index contributed by atoms with van der Waals surface area (Å²) in [5.74, 6) is 0.462. The molecule has 0 aliphatic carbocycles. The lowest BCUT2D eigenvalue weighted by Gasteiger charge is -2.31. The van der Waals surface area contributed by atoms with Crippen LogP contribution in [0.3, 0.4) is 0 Å². The Labute approximate surface area is 180 Å². The molecular formula is C25H26N4O2. The molecule has 1 aliphatic heterocycles. The molecule has 158 valence electrons. The van der Waals surface area contributed by atoms with E-state index in [1.165, 1.54) is 0 Å². The highest BCUT2D eigenvalue weighted by Gasteiger charge is 2.27. The van der Waals surface area contributed by atoms with E-state index in [9.17, 15) is 9.59 Å². The number of benzene rings is 1. The third-order valence-electron chi connectivity index (χ3n) is 6.24. The molecule has 3 aromatic heterocycles. The van der Waals surface area contributed by atoms with E-state index in [4.69, 9.17) is 4.98 Å². The van der Waals surface area contributed by atoms with Crippen LogP contribution in [0.15, 0.2) is 59.5 Å². The topological polar surface area (TPSA) is 59.6 Å². The minimum atomic E-state index is -0.142. The zero-order chi connectivity index (χ0) is 21.5. The van der Waals surface area contributed by atoms with Crippen molar-refractivity contribution in [2.24, 2.45) is 5.92 Å². The zero-order valence-electron chi connectivity index (χ0n) is 17.9. The summed E-state index contributed by atoms with van der Waals surface area (Å²) in [7, 11) is 0. The highest BCUT2D eigenvalue weighted by Crippen LogP contribution is 2.23. The van der Waals surface area contributed by atoms with Crippen LogP contribution in [-0.2, 0) is 6.54 Å². The van der Waals surface area contributed by atoms with Crippen LogP contribution >= 0.6 is 0 Å². The fourth-order valence-corrected chi connectivity index (χ4v) is 4.60. The molecule has 1 aromatic carbocycles. The van der Waals surface area contributed by atoms with Crippen molar-refractivity contribution in [1.82, 2.24) is 18.9 Å². The standard InChI is InChI=1S/C25H26N4O2/c1-17-8-6-12-27(15-17)25(31)21-14-20-23(29(21)16-19-10-4-3-5-11-19)26-22-18(2)9-7-13-28(22)24(20)30/h3-5,7,9-11,13-14,17H,6,8,12,15-16H2,1-2H3. The maximum Gasteiger partial charge on any atom is 0.270 e. The van der Waals surface area contributed by atoms with Crippen molar-refractivity contribution in [3.05, 3.63) is 81.9 Å². The number of carbonyl (C=O) groups is 1. The summed E-state index contributed by atoms with van der Waals surface area (Å²) < 4.78 is 3.49. The Morgan fingerprint density at radius 2 is 1.94 bits per heavy atom. The van der Waals surface area contributed by atoms with E-state index in [-0.39, 0.29) is 11.5 Å². The largest absolute Gasteiger partial charge is 0.337 e. The van der Waals surface area contributed by atoms with Gasteiger partial charge in [-0.2, -0.15) is 0 Å². The van der Waals surface area contributed by atoms with Crippen LogP contribution in [0.25, 0.3) is 16.7 Å². The molecule has 5 rings (SSSR count). The summed E-state index contributed by atoms with van der Waals surface area (Å²) in [6.07, 6.45) is 3.89. The summed E-state index contributed by atoms with van der Waals surface area (Å²) in [5, 5.41) is 0.479. The molecule has 4 aromatic rings. The number of aryl methyl sites for hydroxylation is 1. The molecule has 4 heterocycles. The fraction of sp³-hybridized carbons (Fsp3) is 0.320. The van der Waals surface area contributed by atoms with Gasteiger partial charge in [0.25, 0.3) is 11.5 Å². The number of amides is 1. The third kappa shape index (κ3) is 3.42. The Morgan fingerprint density at radius 1 is 1.13 bits per heavy atom. The SMILES string of the molecule is Cc1cccn2c(=O)c3cc(C(=O)N4CCCC(C)C4)n(Cc4ccccc4)c3nc12. The number of likely N-dealkylation sites (tertiary alicyclic amines) is 1. The predicted molar refractivity (Wildman–Crippen MR) is 122 cm³/mol. The molecule has 0 saturated carbocycles. The van der Waals surface area contributed by atoms with E-state index in [1.807, 2.05) is 58.9 Å². The minimum absolute atomic E-state index is 0.0225. The van der Waals surface area contributed by atoms with E-state index in [2.05, 4.69) is 6.92 Å². The molecule has 1 fully saturated rings.